The molecule has 0 radical (unpaired) electrons. The van der Waals surface area contributed by atoms with Gasteiger partial charge in [0, 0.05) is 5.92 Å². The van der Waals surface area contributed by atoms with Crippen molar-refractivity contribution in [3.05, 3.63) is 46.6 Å². The van der Waals surface area contributed by atoms with E-state index in [1.165, 1.54) is 0 Å². The number of rotatable bonds is 1. The summed E-state index contributed by atoms with van der Waals surface area (Å²) in [6.45, 7) is 0. The number of carbonyl (C=O) groups is 2. The Bertz CT molecular complexity index is 835. The summed E-state index contributed by atoms with van der Waals surface area (Å²) in [5, 5.41) is 0. The molecule has 5 heteroatoms. The molecule has 1 aromatic carbocycles. The average molecular weight is 330 g/mol. The van der Waals surface area contributed by atoms with Crippen molar-refractivity contribution in [2.75, 3.05) is 7.11 Å². The number of ketones is 2. The molecule has 0 saturated heterocycles. The van der Waals surface area contributed by atoms with Gasteiger partial charge in [-0.1, -0.05) is 11.6 Å². The van der Waals surface area contributed by atoms with Crippen LogP contribution in [0, 0.1) is 11.8 Å². The first-order valence-electron chi connectivity index (χ1n) is 8.05. The number of halogens is 2. The van der Waals surface area contributed by atoms with Gasteiger partial charge in [-0.05, 0) is 54.5 Å². The second kappa shape index (κ2) is 5.36. The molecule has 0 fully saturated rings. The minimum absolute atomic E-state index is 0.375. The molecule has 3 aliphatic carbocycles. The normalized spacial score (nSPS) is 26.1. The minimum Gasteiger partial charge on any atom is -0.497 e. The maximum absolute atomic E-state index is 13.8. The third-order valence-electron chi connectivity index (χ3n) is 5.42. The lowest BCUT2D eigenvalue weighted by molar-refractivity contribution is -0.132. The van der Waals surface area contributed by atoms with Crippen LogP contribution in [0.2, 0.25) is 0 Å². The van der Waals surface area contributed by atoms with E-state index >= 15 is 0 Å². The van der Waals surface area contributed by atoms with Gasteiger partial charge in [-0.15, -0.1) is 0 Å². The van der Waals surface area contributed by atoms with E-state index < -0.39 is 35.1 Å². The van der Waals surface area contributed by atoms with E-state index in [4.69, 9.17) is 4.74 Å². The molecule has 1 aromatic rings. The fourth-order valence-electron chi connectivity index (χ4n) is 4.28. The lowest BCUT2D eigenvalue weighted by Crippen LogP contribution is -2.40. The standard InChI is InChI=1S/C19H16F2O3/c1-24-10-3-5-11-9(8-10)2-4-13-12(11)6-7-14-15(13)19(23)17(21)16(20)18(14)22/h3,5,8,14-15H,2,4,6-7H2,1H3/t14-,15+/m0/s1. The Balaban J connectivity index is 1.84. The van der Waals surface area contributed by atoms with Crippen LogP contribution in [0.25, 0.3) is 5.57 Å². The maximum Gasteiger partial charge on any atom is 0.206 e. The number of ether oxygens (including phenoxy) is 1. The SMILES string of the molecule is COc1ccc2c(c1)CCC1=C2CC[C@@H]2C(=O)C(F)=C(F)C(=O)[C@H]12. The lowest BCUT2D eigenvalue weighted by Gasteiger charge is -2.38. The predicted octanol–water partition coefficient (Wildman–Crippen LogP) is 3.72. The van der Waals surface area contributed by atoms with Crippen LogP contribution in [0.1, 0.15) is 30.4 Å². The van der Waals surface area contributed by atoms with Gasteiger partial charge in [0.05, 0.1) is 13.0 Å². The van der Waals surface area contributed by atoms with E-state index in [0.717, 1.165) is 28.0 Å². The molecule has 2 atom stereocenters. The highest BCUT2D eigenvalue weighted by molar-refractivity contribution is 6.13. The first-order valence-corrected chi connectivity index (χ1v) is 8.05. The third-order valence-corrected chi connectivity index (χ3v) is 5.42. The highest BCUT2D eigenvalue weighted by atomic mass is 19.2. The Hall–Kier alpha value is -2.30. The van der Waals surface area contributed by atoms with Gasteiger partial charge < -0.3 is 4.74 Å². The minimum atomic E-state index is -1.50. The molecule has 0 bridgehead atoms. The van der Waals surface area contributed by atoms with Crippen LogP contribution >= 0.6 is 0 Å². The molecule has 3 nitrogen and oxygen atoms in total. The van der Waals surface area contributed by atoms with Crippen LogP contribution in [-0.2, 0) is 16.0 Å². The second-order valence-electron chi connectivity index (χ2n) is 6.51. The van der Waals surface area contributed by atoms with Gasteiger partial charge in [0.1, 0.15) is 5.75 Å². The van der Waals surface area contributed by atoms with Crippen molar-refractivity contribution in [2.24, 2.45) is 11.8 Å². The number of Topliss-reactive ketones (excluding diaryl/α,β-unsaturated/α-hetero) is 2. The predicted molar refractivity (Wildman–Crippen MR) is 83.7 cm³/mol. The van der Waals surface area contributed by atoms with Gasteiger partial charge >= 0.3 is 0 Å². The van der Waals surface area contributed by atoms with E-state index in [-0.39, 0.29) is 0 Å². The van der Waals surface area contributed by atoms with Gasteiger partial charge in [0.2, 0.25) is 17.4 Å². The Morgan fingerprint density at radius 2 is 1.79 bits per heavy atom. The van der Waals surface area contributed by atoms with Crippen LogP contribution in [0.4, 0.5) is 8.78 Å². The number of hydrogen-bond acceptors (Lipinski definition) is 3. The smallest absolute Gasteiger partial charge is 0.206 e. The molecule has 0 heterocycles. The summed E-state index contributed by atoms with van der Waals surface area (Å²) < 4.78 is 32.7. The summed E-state index contributed by atoms with van der Waals surface area (Å²) in [7, 11) is 1.61. The molecule has 0 spiro atoms. The Morgan fingerprint density at radius 1 is 1.04 bits per heavy atom. The summed E-state index contributed by atoms with van der Waals surface area (Å²) in [4.78, 5) is 24.4. The monoisotopic (exact) mass is 330 g/mol. The van der Waals surface area contributed by atoms with E-state index in [1.54, 1.807) is 7.11 Å². The maximum atomic E-state index is 13.8. The van der Waals surface area contributed by atoms with Crippen molar-refractivity contribution in [2.45, 2.75) is 25.7 Å². The summed E-state index contributed by atoms with van der Waals surface area (Å²) in [5.74, 6) is -5.55. The van der Waals surface area contributed by atoms with Gasteiger partial charge in [0.15, 0.2) is 5.78 Å². The zero-order chi connectivity index (χ0) is 17.0. The van der Waals surface area contributed by atoms with Gasteiger partial charge in [0.25, 0.3) is 0 Å². The van der Waals surface area contributed by atoms with Crippen LogP contribution in [-0.4, -0.2) is 18.7 Å². The Labute approximate surface area is 138 Å². The number of allylic oxidation sites excluding steroid dienone is 4. The zero-order valence-electron chi connectivity index (χ0n) is 13.2. The van der Waals surface area contributed by atoms with Crippen molar-refractivity contribution in [1.29, 1.82) is 0 Å². The average Bonchev–Trinajstić information content (AvgIpc) is 2.62. The molecule has 124 valence electrons. The summed E-state index contributed by atoms with van der Waals surface area (Å²) in [5.41, 5.74) is 3.98. The van der Waals surface area contributed by atoms with Gasteiger partial charge in [-0.25, -0.2) is 0 Å². The number of fused-ring (bicyclic) bond motifs is 4. The number of aryl methyl sites for hydroxylation is 1. The molecule has 0 amide bonds. The Morgan fingerprint density at radius 3 is 2.54 bits per heavy atom. The largest absolute Gasteiger partial charge is 0.497 e. The first-order chi connectivity index (χ1) is 11.5. The molecule has 0 saturated carbocycles. The fourth-order valence-corrected chi connectivity index (χ4v) is 4.28. The highest BCUT2D eigenvalue weighted by Gasteiger charge is 2.48. The van der Waals surface area contributed by atoms with Gasteiger partial charge in [-0.2, -0.15) is 8.78 Å². The second-order valence-corrected chi connectivity index (χ2v) is 6.51. The summed E-state index contributed by atoms with van der Waals surface area (Å²) in [6.07, 6.45) is 2.26. The molecule has 0 aromatic heterocycles. The summed E-state index contributed by atoms with van der Waals surface area (Å²) in [6, 6.07) is 5.78. The number of methoxy groups -OCH3 is 1. The van der Waals surface area contributed by atoms with Crippen molar-refractivity contribution in [3.8, 4) is 5.75 Å². The van der Waals surface area contributed by atoms with Crippen molar-refractivity contribution >= 4 is 17.1 Å². The molecular weight excluding hydrogens is 314 g/mol. The van der Waals surface area contributed by atoms with Crippen molar-refractivity contribution in [1.82, 2.24) is 0 Å². The van der Waals surface area contributed by atoms with E-state index in [0.29, 0.717) is 25.7 Å². The molecule has 3 aliphatic rings. The Kier molecular flexibility index (Phi) is 3.41. The van der Waals surface area contributed by atoms with Crippen molar-refractivity contribution < 1.29 is 23.1 Å². The number of carbonyl (C=O) groups excluding carboxylic acids is 2. The van der Waals surface area contributed by atoms with Crippen molar-refractivity contribution in [3.63, 3.8) is 0 Å². The van der Waals surface area contributed by atoms with E-state index in [2.05, 4.69) is 0 Å². The quantitative estimate of drug-likeness (QED) is 0.788. The van der Waals surface area contributed by atoms with E-state index in [9.17, 15) is 18.4 Å². The van der Waals surface area contributed by atoms with Crippen LogP contribution < -0.4 is 4.74 Å². The third kappa shape index (κ3) is 2.00. The lowest BCUT2D eigenvalue weighted by atomic mass is 9.64. The van der Waals surface area contributed by atoms with Crippen LogP contribution in [0.15, 0.2) is 35.4 Å². The van der Waals surface area contributed by atoms with Crippen LogP contribution in [0.3, 0.4) is 0 Å². The molecule has 0 aliphatic heterocycles. The fraction of sp³-hybridized carbons (Fsp3) is 0.368. The summed E-state index contributed by atoms with van der Waals surface area (Å²) >= 11 is 0. The molecular formula is C19H16F2O3. The van der Waals surface area contributed by atoms with E-state index in [1.807, 2.05) is 18.2 Å². The zero-order valence-corrected chi connectivity index (χ0v) is 13.2. The highest BCUT2D eigenvalue weighted by Crippen LogP contribution is 2.49. The topological polar surface area (TPSA) is 43.4 Å². The first kappa shape index (κ1) is 15.2. The molecule has 4 rings (SSSR count). The molecule has 24 heavy (non-hydrogen) atoms. The molecule has 0 N–H and O–H groups in total. The van der Waals surface area contributed by atoms with Gasteiger partial charge in [-0.3, -0.25) is 9.59 Å². The molecule has 0 unspecified atom stereocenters. The number of benzene rings is 1. The number of hydrogen-bond donors (Lipinski definition) is 0. The van der Waals surface area contributed by atoms with Crippen LogP contribution in [0.5, 0.6) is 5.75 Å².